The topological polar surface area (TPSA) is 30.0 Å². The fourth-order valence-corrected chi connectivity index (χ4v) is 2.26. The molecule has 1 heterocycles. The number of Topliss-reactive ketones (excluding diaryl/α,β-unsaturated/α-hetero) is 1. The van der Waals surface area contributed by atoms with Gasteiger partial charge in [0.15, 0.2) is 5.78 Å². The molecule has 0 amide bonds. The van der Waals surface area contributed by atoms with Gasteiger partial charge in [0.25, 0.3) is 0 Å². The van der Waals surface area contributed by atoms with E-state index in [1.165, 1.54) is 0 Å². The van der Waals surface area contributed by atoms with E-state index in [2.05, 4.69) is 11.9 Å². The molecule has 0 fully saturated rings. The number of hydrogen-bond donors (Lipinski definition) is 0. The van der Waals surface area contributed by atoms with E-state index in [9.17, 15) is 4.79 Å². The van der Waals surface area contributed by atoms with Gasteiger partial charge in [0.1, 0.15) is 0 Å². The summed E-state index contributed by atoms with van der Waals surface area (Å²) >= 11 is 0. The maximum absolute atomic E-state index is 12.6. The zero-order chi connectivity index (χ0) is 13.7. The molecule has 98 valence electrons. The molecule has 1 atom stereocenters. The minimum Gasteiger partial charge on any atom is -0.293 e. The Bertz CT molecular complexity index is 548. The minimum atomic E-state index is -0.132. The summed E-state index contributed by atoms with van der Waals surface area (Å²) < 4.78 is 0. The Balaban J connectivity index is 2.33. The molecule has 2 aromatic rings. The highest BCUT2D eigenvalue weighted by Crippen LogP contribution is 2.24. The molecule has 2 rings (SSSR count). The van der Waals surface area contributed by atoms with Gasteiger partial charge in [-0.1, -0.05) is 43.7 Å². The molecule has 0 radical (unpaired) electrons. The first-order valence-electron chi connectivity index (χ1n) is 6.74. The fraction of sp³-hybridized carbons (Fsp3) is 0.294. The zero-order valence-electron chi connectivity index (χ0n) is 11.5. The lowest BCUT2D eigenvalue weighted by Gasteiger charge is -2.15. The van der Waals surface area contributed by atoms with Gasteiger partial charge in [-0.2, -0.15) is 0 Å². The first-order valence-corrected chi connectivity index (χ1v) is 6.74. The Morgan fingerprint density at radius 2 is 1.95 bits per heavy atom. The van der Waals surface area contributed by atoms with Crippen molar-refractivity contribution in [1.82, 2.24) is 4.98 Å². The summed E-state index contributed by atoms with van der Waals surface area (Å²) in [5, 5.41) is 0. The van der Waals surface area contributed by atoms with Crippen molar-refractivity contribution in [3.8, 4) is 0 Å². The maximum atomic E-state index is 12.6. The van der Waals surface area contributed by atoms with Crippen LogP contribution < -0.4 is 0 Å². The van der Waals surface area contributed by atoms with Crippen LogP contribution in [0.25, 0.3) is 0 Å². The number of hydrogen-bond acceptors (Lipinski definition) is 2. The molecule has 0 spiro atoms. The average molecular weight is 253 g/mol. The lowest BCUT2D eigenvalue weighted by molar-refractivity contribution is 0.0953. The van der Waals surface area contributed by atoms with E-state index in [0.29, 0.717) is 0 Å². The first kappa shape index (κ1) is 13.5. The van der Waals surface area contributed by atoms with Crippen molar-refractivity contribution in [3.63, 3.8) is 0 Å². The second-order valence-corrected chi connectivity index (χ2v) is 4.83. The number of carbonyl (C=O) groups is 1. The molecule has 1 aromatic heterocycles. The first-order chi connectivity index (χ1) is 9.22. The molecule has 0 aliphatic rings. The third kappa shape index (κ3) is 3.28. The average Bonchev–Trinajstić information content (AvgIpc) is 2.45. The Labute approximate surface area is 114 Å². The second kappa shape index (κ2) is 6.28. The molecule has 0 saturated heterocycles. The maximum Gasteiger partial charge on any atom is 0.171 e. The van der Waals surface area contributed by atoms with E-state index in [1.807, 2.05) is 49.4 Å². The normalized spacial score (nSPS) is 12.1. The highest BCUT2D eigenvalue weighted by atomic mass is 16.1. The third-order valence-corrected chi connectivity index (χ3v) is 3.25. The van der Waals surface area contributed by atoms with Gasteiger partial charge >= 0.3 is 0 Å². The van der Waals surface area contributed by atoms with Crippen molar-refractivity contribution in [2.75, 3.05) is 0 Å². The summed E-state index contributed by atoms with van der Waals surface area (Å²) in [6.45, 7) is 4.13. The SMILES string of the molecule is CCC[C@@H](C(=O)c1ccccc1)c1cc(C)ccn1. The van der Waals surface area contributed by atoms with Crippen LogP contribution in [0, 0.1) is 6.92 Å². The van der Waals surface area contributed by atoms with E-state index >= 15 is 0 Å². The van der Waals surface area contributed by atoms with Gasteiger partial charge in [0.2, 0.25) is 0 Å². The van der Waals surface area contributed by atoms with E-state index in [0.717, 1.165) is 29.7 Å². The standard InChI is InChI=1S/C17H19NO/c1-3-7-15(16-12-13(2)10-11-18-16)17(19)14-8-5-4-6-9-14/h4-6,8-12,15H,3,7H2,1-2H3/t15-/m1/s1. The molecule has 2 heteroatoms. The van der Waals surface area contributed by atoms with E-state index in [-0.39, 0.29) is 11.7 Å². The lowest BCUT2D eigenvalue weighted by Crippen LogP contribution is -2.14. The highest BCUT2D eigenvalue weighted by molar-refractivity contribution is 6.00. The number of carbonyl (C=O) groups excluding carboxylic acids is 1. The van der Waals surface area contributed by atoms with Crippen molar-refractivity contribution in [1.29, 1.82) is 0 Å². The summed E-state index contributed by atoms with van der Waals surface area (Å²) in [4.78, 5) is 17.0. The van der Waals surface area contributed by atoms with Crippen LogP contribution in [0.2, 0.25) is 0 Å². The van der Waals surface area contributed by atoms with Crippen LogP contribution in [0.1, 0.15) is 47.3 Å². The van der Waals surface area contributed by atoms with E-state index < -0.39 is 0 Å². The number of ketones is 1. The molecule has 0 unspecified atom stereocenters. The van der Waals surface area contributed by atoms with Crippen molar-refractivity contribution >= 4 is 5.78 Å². The number of aryl methyl sites for hydroxylation is 1. The lowest BCUT2D eigenvalue weighted by atomic mass is 9.90. The molecule has 0 saturated carbocycles. The van der Waals surface area contributed by atoms with Crippen LogP contribution in [0.15, 0.2) is 48.7 Å². The van der Waals surface area contributed by atoms with Gasteiger partial charge in [0, 0.05) is 11.8 Å². The van der Waals surface area contributed by atoms with Crippen LogP contribution in [0.4, 0.5) is 0 Å². The van der Waals surface area contributed by atoms with Crippen molar-refractivity contribution in [2.24, 2.45) is 0 Å². The summed E-state index contributed by atoms with van der Waals surface area (Å²) in [7, 11) is 0. The molecule has 2 nitrogen and oxygen atoms in total. The Hall–Kier alpha value is -1.96. The molecule has 0 bridgehead atoms. The van der Waals surface area contributed by atoms with Gasteiger partial charge in [-0.3, -0.25) is 9.78 Å². The largest absolute Gasteiger partial charge is 0.293 e. The van der Waals surface area contributed by atoms with Crippen LogP contribution in [-0.4, -0.2) is 10.8 Å². The third-order valence-electron chi connectivity index (χ3n) is 3.25. The summed E-state index contributed by atoms with van der Waals surface area (Å²) in [6.07, 6.45) is 3.59. The minimum absolute atomic E-state index is 0.132. The van der Waals surface area contributed by atoms with Gasteiger partial charge in [-0.15, -0.1) is 0 Å². The van der Waals surface area contributed by atoms with E-state index in [1.54, 1.807) is 6.20 Å². The summed E-state index contributed by atoms with van der Waals surface area (Å²) in [5.41, 5.74) is 2.80. The van der Waals surface area contributed by atoms with Crippen molar-refractivity contribution < 1.29 is 4.79 Å². The van der Waals surface area contributed by atoms with Crippen molar-refractivity contribution in [2.45, 2.75) is 32.6 Å². The quantitative estimate of drug-likeness (QED) is 0.749. The molecular formula is C17H19NO. The molecule has 19 heavy (non-hydrogen) atoms. The van der Waals surface area contributed by atoms with E-state index in [4.69, 9.17) is 0 Å². The van der Waals surface area contributed by atoms with Gasteiger partial charge < -0.3 is 0 Å². The van der Waals surface area contributed by atoms with Crippen LogP contribution in [0.3, 0.4) is 0 Å². The number of rotatable bonds is 5. The Morgan fingerprint density at radius 3 is 2.58 bits per heavy atom. The Morgan fingerprint density at radius 1 is 1.21 bits per heavy atom. The molecule has 0 aliphatic heterocycles. The van der Waals surface area contributed by atoms with Gasteiger partial charge in [-0.05, 0) is 31.0 Å². The molecular weight excluding hydrogens is 234 g/mol. The number of benzene rings is 1. The summed E-state index contributed by atoms with van der Waals surface area (Å²) in [6, 6.07) is 13.5. The Kier molecular flexibility index (Phi) is 4.45. The van der Waals surface area contributed by atoms with Crippen LogP contribution in [-0.2, 0) is 0 Å². The van der Waals surface area contributed by atoms with Crippen LogP contribution >= 0.6 is 0 Å². The fourth-order valence-electron chi connectivity index (χ4n) is 2.26. The molecule has 0 N–H and O–H groups in total. The summed E-state index contributed by atoms with van der Waals surface area (Å²) in [5.74, 6) is 0.0350. The number of nitrogens with zero attached hydrogens (tertiary/aromatic N) is 1. The van der Waals surface area contributed by atoms with Crippen LogP contribution in [0.5, 0.6) is 0 Å². The number of aromatic nitrogens is 1. The highest BCUT2D eigenvalue weighted by Gasteiger charge is 2.22. The monoisotopic (exact) mass is 253 g/mol. The molecule has 1 aromatic carbocycles. The van der Waals surface area contributed by atoms with Gasteiger partial charge in [0.05, 0.1) is 11.6 Å². The zero-order valence-corrected chi connectivity index (χ0v) is 11.5. The number of pyridine rings is 1. The predicted octanol–water partition coefficient (Wildman–Crippen LogP) is 4.16. The van der Waals surface area contributed by atoms with Gasteiger partial charge in [-0.25, -0.2) is 0 Å². The molecule has 0 aliphatic carbocycles. The predicted molar refractivity (Wildman–Crippen MR) is 77.4 cm³/mol. The smallest absolute Gasteiger partial charge is 0.171 e. The van der Waals surface area contributed by atoms with Crippen molar-refractivity contribution in [3.05, 3.63) is 65.5 Å². The second-order valence-electron chi connectivity index (χ2n) is 4.83.